The molecule has 11 heteroatoms. The Morgan fingerprint density at radius 2 is 1.54 bits per heavy atom. The van der Waals surface area contributed by atoms with Gasteiger partial charge in [-0.05, 0) is 71.0 Å². The molecular formula is C24H29F3N4O4. The second kappa shape index (κ2) is 11.1. The summed E-state index contributed by atoms with van der Waals surface area (Å²) < 4.78 is 43.6. The predicted molar refractivity (Wildman–Crippen MR) is 125 cm³/mol. The molecule has 3 amide bonds. The van der Waals surface area contributed by atoms with Gasteiger partial charge in [0, 0.05) is 11.7 Å². The van der Waals surface area contributed by atoms with Gasteiger partial charge in [-0.2, -0.15) is 13.2 Å². The fourth-order valence-electron chi connectivity index (χ4n) is 2.85. The zero-order chi connectivity index (χ0) is 26.4. The molecule has 8 nitrogen and oxygen atoms in total. The van der Waals surface area contributed by atoms with Crippen LogP contribution in [0, 0.1) is 0 Å². The number of hydrogen-bond donors (Lipinski definition) is 3. The van der Waals surface area contributed by atoms with Crippen LogP contribution in [-0.4, -0.2) is 41.0 Å². The van der Waals surface area contributed by atoms with Crippen molar-refractivity contribution in [3.63, 3.8) is 0 Å². The topological polar surface area (TPSA) is 99.8 Å². The van der Waals surface area contributed by atoms with Crippen LogP contribution in [0.2, 0.25) is 0 Å². The fourth-order valence-corrected chi connectivity index (χ4v) is 2.85. The number of anilines is 2. The average Bonchev–Trinajstić information content (AvgIpc) is 2.74. The third-order valence-electron chi connectivity index (χ3n) is 4.54. The van der Waals surface area contributed by atoms with Crippen molar-refractivity contribution in [3.8, 4) is 0 Å². The van der Waals surface area contributed by atoms with E-state index in [1.807, 2.05) is 0 Å². The molecule has 0 aliphatic heterocycles. The van der Waals surface area contributed by atoms with E-state index in [9.17, 15) is 27.6 Å². The zero-order valence-electron chi connectivity index (χ0n) is 20.1. The number of amides is 3. The van der Waals surface area contributed by atoms with E-state index in [2.05, 4.69) is 16.2 Å². The Morgan fingerprint density at radius 3 is 2.09 bits per heavy atom. The molecule has 0 unspecified atom stereocenters. The SMILES string of the molecule is CC(C)N(CC(=O)NNC(=O)c1ccccc1Nc1ccc(C(F)(F)F)cc1)C(=O)OC(C)(C)C. The minimum absolute atomic E-state index is 0.139. The first-order chi connectivity index (χ1) is 16.2. The summed E-state index contributed by atoms with van der Waals surface area (Å²) in [5.41, 5.74) is 3.80. The third kappa shape index (κ3) is 8.51. The number of alkyl halides is 3. The highest BCUT2D eigenvalue weighted by Crippen LogP contribution is 2.30. The van der Waals surface area contributed by atoms with Crippen molar-refractivity contribution in [2.45, 2.75) is 52.4 Å². The molecule has 0 aromatic heterocycles. The third-order valence-corrected chi connectivity index (χ3v) is 4.54. The van der Waals surface area contributed by atoms with Gasteiger partial charge in [0.2, 0.25) is 0 Å². The lowest BCUT2D eigenvalue weighted by molar-refractivity contribution is -0.137. The van der Waals surface area contributed by atoms with Crippen LogP contribution in [0.15, 0.2) is 48.5 Å². The van der Waals surface area contributed by atoms with E-state index in [1.54, 1.807) is 52.8 Å². The minimum atomic E-state index is -4.46. The van der Waals surface area contributed by atoms with Gasteiger partial charge in [-0.15, -0.1) is 0 Å². The monoisotopic (exact) mass is 494 g/mol. The van der Waals surface area contributed by atoms with E-state index in [0.29, 0.717) is 11.4 Å². The predicted octanol–water partition coefficient (Wildman–Crippen LogP) is 4.86. The molecule has 0 bridgehead atoms. The number of hydrazine groups is 1. The Morgan fingerprint density at radius 1 is 0.943 bits per heavy atom. The second-order valence-electron chi connectivity index (χ2n) is 8.95. The lowest BCUT2D eigenvalue weighted by atomic mass is 10.1. The van der Waals surface area contributed by atoms with E-state index in [4.69, 9.17) is 4.74 Å². The normalized spacial score (nSPS) is 11.6. The van der Waals surface area contributed by atoms with Gasteiger partial charge in [0.25, 0.3) is 11.8 Å². The minimum Gasteiger partial charge on any atom is -0.444 e. The van der Waals surface area contributed by atoms with Crippen molar-refractivity contribution >= 4 is 29.3 Å². The maximum atomic E-state index is 12.8. The van der Waals surface area contributed by atoms with Crippen LogP contribution in [0.1, 0.15) is 50.5 Å². The number of benzene rings is 2. The van der Waals surface area contributed by atoms with Crippen molar-refractivity contribution in [1.29, 1.82) is 0 Å². The lowest BCUT2D eigenvalue weighted by Crippen LogP contribution is -2.50. The smallest absolute Gasteiger partial charge is 0.416 e. The van der Waals surface area contributed by atoms with E-state index >= 15 is 0 Å². The molecule has 3 N–H and O–H groups in total. The molecule has 0 saturated carbocycles. The van der Waals surface area contributed by atoms with Gasteiger partial charge in [0.05, 0.1) is 16.8 Å². The van der Waals surface area contributed by atoms with Crippen LogP contribution in [0.25, 0.3) is 0 Å². The van der Waals surface area contributed by atoms with E-state index < -0.39 is 35.2 Å². The molecule has 0 saturated heterocycles. The number of nitrogens with zero attached hydrogens (tertiary/aromatic N) is 1. The van der Waals surface area contributed by atoms with Gasteiger partial charge in [0.1, 0.15) is 12.1 Å². The summed E-state index contributed by atoms with van der Waals surface area (Å²) in [5, 5.41) is 2.89. The number of carbonyl (C=O) groups is 3. The van der Waals surface area contributed by atoms with Crippen LogP contribution >= 0.6 is 0 Å². The summed E-state index contributed by atoms with van der Waals surface area (Å²) in [5.74, 6) is -1.31. The highest BCUT2D eigenvalue weighted by atomic mass is 19.4. The molecule has 0 spiro atoms. The number of ether oxygens (including phenoxy) is 1. The highest BCUT2D eigenvalue weighted by molar-refractivity contribution is 6.01. The van der Waals surface area contributed by atoms with Crippen LogP contribution in [0.4, 0.5) is 29.3 Å². The van der Waals surface area contributed by atoms with Gasteiger partial charge in [-0.1, -0.05) is 12.1 Å². The molecule has 0 radical (unpaired) electrons. The maximum Gasteiger partial charge on any atom is 0.416 e. The van der Waals surface area contributed by atoms with E-state index in [0.717, 1.165) is 12.1 Å². The molecule has 2 rings (SSSR count). The number of carbonyl (C=O) groups excluding carboxylic acids is 3. The first-order valence-corrected chi connectivity index (χ1v) is 10.8. The number of nitrogens with one attached hydrogen (secondary N) is 3. The molecule has 0 fully saturated rings. The van der Waals surface area contributed by atoms with E-state index in [-0.39, 0.29) is 18.2 Å². The largest absolute Gasteiger partial charge is 0.444 e. The molecule has 190 valence electrons. The summed E-state index contributed by atoms with van der Waals surface area (Å²) in [6.45, 7) is 8.22. The molecule has 0 aliphatic carbocycles. The van der Waals surface area contributed by atoms with Gasteiger partial charge in [0.15, 0.2) is 0 Å². The Labute approximate surface area is 201 Å². The number of halogens is 3. The first kappa shape index (κ1) is 27.5. The van der Waals surface area contributed by atoms with Crippen LogP contribution in [0.3, 0.4) is 0 Å². The van der Waals surface area contributed by atoms with E-state index in [1.165, 1.54) is 23.1 Å². The fraction of sp³-hybridized carbons (Fsp3) is 0.375. The number of rotatable bonds is 6. The van der Waals surface area contributed by atoms with Crippen molar-refractivity contribution in [3.05, 3.63) is 59.7 Å². The van der Waals surface area contributed by atoms with Gasteiger partial charge in [-0.25, -0.2) is 4.79 Å². The zero-order valence-corrected chi connectivity index (χ0v) is 20.1. The van der Waals surface area contributed by atoms with Crippen LogP contribution < -0.4 is 16.2 Å². The summed E-state index contributed by atoms with van der Waals surface area (Å²) in [7, 11) is 0. The van der Waals surface area contributed by atoms with Gasteiger partial charge < -0.3 is 10.1 Å². The number of para-hydroxylation sites is 1. The summed E-state index contributed by atoms with van der Waals surface area (Å²) in [6.07, 6.45) is -5.12. The molecule has 0 heterocycles. The average molecular weight is 495 g/mol. The van der Waals surface area contributed by atoms with Crippen LogP contribution in [-0.2, 0) is 15.7 Å². The lowest BCUT2D eigenvalue weighted by Gasteiger charge is -2.29. The Balaban J connectivity index is 2.03. The number of hydrogen-bond acceptors (Lipinski definition) is 5. The van der Waals surface area contributed by atoms with Crippen molar-refractivity contribution in [2.75, 3.05) is 11.9 Å². The Kier molecular flexibility index (Phi) is 8.72. The standard InChI is InChI=1S/C24H29F3N4O4/c1-15(2)31(22(34)35-23(3,4)5)14-20(32)29-30-21(33)18-8-6-7-9-19(18)28-17-12-10-16(11-13-17)24(25,26)27/h6-13,15,28H,14H2,1-5H3,(H,29,32)(H,30,33). The first-order valence-electron chi connectivity index (χ1n) is 10.8. The van der Waals surface area contributed by atoms with Gasteiger partial charge in [-0.3, -0.25) is 25.3 Å². The van der Waals surface area contributed by atoms with Crippen molar-refractivity contribution in [1.82, 2.24) is 15.8 Å². The van der Waals surface area contributed by atoms with Gasteiger partial charge >= 0.3 is 12.3 Å². The molecule has 35 heavy (non-hydrogen) atoms. The molecule has 2 aromatic carbocycles. The van der Waals surface area contributed by atoms with Crippen molar-refractivity contribution in [2.24, 2.45) is 0 Å². The second-order valence-corrected chi connectivity index (χ2v) is 8.95. The highest BCUT2D eigenvalue weighted by Gasteiger charge is 2.30. The molecule has 2 aromatic rings. The molecule has 0 aliphatic rings. The summed E-state index contributed by atoms with van der Waals surface area (Å²) in [4.78, 5) is 38.6. The maximum absolute atomic E-state index is 12.8. The molecule has 0 atom stereocenters. The summed E-state index contributed by atoms with van der Waals surface area (Å²) >= 11 is 0. The quantitative estimate of drug-likeness (QED) is 0.499. The van der Waals surface area contributed by atoms with Crippen molar-refractivity contribution < 1.29 is 32.3 Å². The Hall–Kier alpha value is -3.76. The van der Waals surface area contributed by atoms with Crippen LogP contribution in [0.5, 0.6) is 0 Å². The summed E-state index contributed by atoms with van der Waals surface area (Å²) in [6, 6.07) is 10.3. The Bertz CT molecular complexity index is 1050. The molecular weight excluding hydrogens is 465 g/mol.